The maximum Gasteiger partial charge on any atom is 0.412 e. The fraction of sp³-hybridized carbons (Fsp3) is 0.320. The highest BCUT2D eigenvalue weighted by atomic mass is 35.5. The van der Waals surface area contributed by atoms with E-state index < -0.39 is 28.1 Å². The Labute approximate surface area is 234 Å². The van der Waals surface area contributed by atoms with Crippen LogP contribution in [-0.4, -0.2) is 38.9 Å². The number of anilines is 5. The van der Waals surface area contributed by atoms with Gasteiger partial charge in [0.15, 0.2) is 5.82 Å². The monoisotopic (exact) mass is 578 g/mol. The highest BCUT2D eigenvalue weighted by molar-refractivity contribution is 8.00. The Hall–Kier alpha value is -3.84. The summed E-state index contributed by atoms with van der Waals surface area (Å²) in [6.07, 6.45) is 0.730. The van der Waals surface area contributed by atoms with E-state index in [9.17, 15) is 19.3 Å². The van der Waals surface area contributed by atoms with Crippen molar-refractivity contribution in [1.29, 1.82) is 0 Å². The largest absolute Gasteiger partial charge is 0.494 e. The predicted octanol–water partition coefficient (Wildman–Crippen LogP) is 7.52. The lowest BCUT2D eigenvalue weighted by atomic mass is 10.2. The number of carbonyl (C=O) groups is 1. The number of carbonyl (C=O) groups excluding carboxylic acids is 1. The van der Waals surface area contributed by atoms with Crippen LogP contribution < -0.4 is 20.7 Å². The fourth-order valence-electron chi connectivity index (χ4n) is 3.20. The van der Waals surface area contributed by atoms with Crippen molar-refractivity contribution < 1.29 is 23.6 Å². The molecule has 14 heteroatoms. The molecule has 3 aromatic rings. The number of amides is 1. The highest BCUT2D eigenvalue weighted by Crippen LogP contribution is 2.37. The van der Waals surface area contributed by atoms with E-state index in [1.807, 2.05) is 19.9 Å². The summed E-state index contributed by atoms with van der Waals surface area (Å²) in [4.78, 5) is 32.0. The minimum absolute atomic E-state index is 0.0159. The summed E-state index contributed by atoms with van der Waals surface area (Å²) in [6.45, 7) is 9.38. The molecule has 0 saturated carbocycles. The van der Waals surface area contributed by atoms with Gasteiger partial charge < -0.3 is 20.1 Å². The molecule has 1 heterocycles. The van der Waals surface area contributed by atoms with Crippen LogP contribution in [0.4, 0.5) is 43.7 Å². The minimum atomic E-state index is -1.04. The van der Waals surface area contributed by atoms with Crippen molar-refractivity contribution in [3.05, 3.63) is 57.5 Å². The molecule has 0 bridgehead atoms. The first-order chi connectivity index (χ1) is 18.3. The lowest BCUT2D eigenvalue weighted by Gasteiger charge is -2.20. The topological polar surface area (TPSA) is 141 Å². The van der Waals surface area contributed by atoms with Gasteiger partial charge in [-0.15, -0.1) is 11.8 Å². The Morgan fingerprint density at radius 1 is 1.18 bits per heavy atom. The summed E-state index contributed by atoms with van der Waals surface area (Å²) in [6, 6.07) is 7.20. The number of thioether (sulfide) groups is 1. The van der Waals surface area contributed by atoms with Gasteiger partial charge in [0.2, 0.25) is 11.8 Å². The van der Waals surface area contributed by atoms with E-state index >= 15 is 0 Å². The summed E-state index contributed by atoms with van der Waals surface area (Å²) in [7, 11) is 1.30. The van der Waals surface area contributed by atoms with Gasteiger partial charge >= 0.3 is 11.8 Å². The second-order valence-electron chi connectivity index (χ2n) is 9.41. The number of nitrogens with one attached hydrogen (secondary N) is 3. The summed E-state index contributed by atoms with van der Waals surface area (Å²) >= 11 is 7.96. The van der Waals surface area contributed by atoms with Gasteiger partial charge in [0, 0.05) is 28.0 Å². The van der Waals surface area contributed by atoms with Crippen LogP contribution in [0.15, 0.2) is 41.4 Å². The first kappa shape index (κ1) is 29.7. The van der Waals surface area contributed by atoms with Crippen molar-refractivity contribution in [2.45, 2.75) is 50.4 Å². The van der Waals surface area contributed by atoms with Gasteiger partial charge in [-0.3, -0.25) is 15.4 Å². The van der Waals surface area contributed by atoms with Gasteiger partial charge in [-0.2, -0.15) is 9.37 Å². The average molecular weight is 579 g/mol. The van der Waals surface area contributed by atoms with E-state index in [0.717, 1.165) is 17.0 Å². The molecule has 0 fully saturated rings. The highest BCUT2D eigenvalue weighted by Gasteiger charge is 2.21. The SMILES string of the molecule is COc1cc(F)c([N+](=O)[O-])cc1Nc1ncc(Cl)c(Nc2cc(NC(=O)OC(C)(C)C)ccc2SC(C)C)n1. The third-order valence-electron chi connectivity index (χ3n) is 4.70. The number of nitro groups is 1. The van der Waals surface area contributed by atoms with E-state index in [1.54, 1.807) is 44.7 Å². The number of nitrogens with zero attached hydrogens (tertiary/aromatic N) is 3. The van der Waals surface area contributed by atoms with Crippen molar-refractivity contribution in [3.8, 4) is 5.75 Å². The van der Waals surface area contributed by atoms with Crippen LogP contribution in [0.5, 0.6) is 5.75 Å². The third kappa shape index (κ3) is 8.32. The van der Waals surface area contributed by atoms with Crippen LogP contribution in [-0.2, 0) is 4.74 Å². The van der Waals surface area contributed by atoms with E-state index in [4.69, 9.17) is 21.1 Å². The van der Waals surface area contributed by atoms with Gasteiger partial charge in [0.25, 0.3) is 0 Å². The van der Waals surface area contributed by atoms with E-state index in [2.05, 4.69) is 25.9 Å². The Kier molecular flexibility index (Phi) is 9.41. The van der Waals surface area contributed by atoms with E-state index in [-0.39, 0.29) is 33.5 Å². The minimum Gasteiger partial charge on any atom is -0.494 e. The van der Waals surface area contributed by atoms with E-state index in [0.29, 0.717) is 11.4 Å². The number of rotatable bonds is 9. The Balaban J connectivity index is 1.94. The Morgan fingerprint density at radius 2 is 1.90 bits per heavy atom. The standard InChI is InChI=1S/C25H28ClFN6O5S/c1-13(2)39-21-8-7-14(29-24(34)38-25(3,4)5)9-18(21)30-22-15(26)12-28-23(32-22)31-17-11-19(33(35)36)16(27)10-20(17)37-6/h7-13H,1-6H3,(H,29,34)(H2,28,30,31,32). The molecule has 0 saturated heterocycles. The normalized spacial score (nSPS) is 11.2. The second kappa shape index (κ2) is 12.3. The zero-order valence-electron chi connectivity index (χ0n) is 22.1. The molecule has 1 amide bonds. The Bertz CT molecular complexity index is 1390. The number of nitro benzene ring substituents is 1. The van der Waals surface area contributed by atoms with Gasteiger partial charge in [0.1, 0.15) is 16.4 Å². The molecular weight excluding hydrogens is 551 g/mol. The molecule has 0 spiro atoms. The number of ether oxygens (including phenoxy) is 2. The molecule has 11 nitrogen and oxygen atoms in total. The van der Waals surface area contributed by atoms with Crippen molar-refractivity contribution in [3.63, 3.8) is 0 Å². The van der Waals surface area contributed by atoms with Gasteiger partial charge in [0.05, 0.1) is 29.6 Å². The second-order valence-corrected chi connectivity index (χ2v) is 11.4. The molecule has 3 rings (SSSR count). The lowest BCUT2D eigenvalue weighted by Crippen LogP contribution is -2.27. The number of benzene rings is 2. The first-order valence-corrected chi connectivity index (χ1v) is 12.9. The zero-order valence-corrected chi connectivity index (χ0v) is 23.7. The lowest BCUT2D eigenvalue weighted by molar-refractivity contribution is -0.387. The summed E-state index contributed by atoms with van der Waals surface area (Å²) in [5.41, 5.74) is -0.242. The van der Waals surface area contributed by atoms with Crippen LogP contribution in [0.2, 0.25) is 5.02 Å². The van der Waals surface area contributed by atoms with Crippen molar-refractivity contribution in [2.75, 3.05) is 23.1 Å². The zero-order chi connectivity index (χ0) is 28.9. The average Bonchev–Trinajstić information content (AvgIpc) is 2.82. The quantitative estimate of drug-likeness (QED) is 0.132. The van der Waals surface area contributed by atoms with Crippen LogP contribution in [0.1, 0.15) is 34.6 Å². The van der Waals surface area contributed by atoms with E-state index in [1.165, 1.54) is 13.3 Å². The van der Waals surface area contributed by atoms with Gasteiger partial charge in [-0.1, -0.05) is 25.4 Å². The van der Waals surface area contributed by atoms with Crippen LogP contribution in [0, 0.1) is 15.9 Å². The molecule has 3 N–H and O–H groups in total. The molecule has 1 aromatic heterocycles. The first-order valence-electron chi connectivity index (χ1n) is 11.6. The van der Waals surface area contributed by atoms with Crippen LogP contribution in [0.3, 0.4) is 0 Å². The fourth-order valence-corrected chi connectivity index (χ4v) is 4.23. The summed E-state index contributed by atoms with van der Waals surface area (Å²) < 4.78 is 24.5. The molecule has 0 unspecified atom stereocenters. The number of hydrogen-bond donors (Lipinski definition) is 3. The van der Waals surface area contributed by atoms with Gasteiger partial charge in [-0.25, -0.2) is 9.78 Å². The number of hydrogen-bond acceptors (Lipinski definition) is 10. The maximum absolute atomic E-state index is 14.0. The van der Waals surface area contributed by atoms with Crippen LogP contribution >= 0.6 is 23.4 Å². The molecule has 0 aliphatic heterocycles. The van der Waals surface area contributed by atoms with Crippen molar-refractivity contribution in [1.82, 2.24) is 9.97 Å². The van der Waals surface area contributed by atoms with Crippen molar-refractivity contribution >= 4 is 64.0 Å². The number of halogens is 2. The molecule has 0 aliphatic rings. The number of aromatic nitrogens is 2. The predicted molar refractivity (Wildman–Crippen MR) is 151 cm³/mol. The maximum atomic E-state index is 14.0. The smallest absolute Gasteiger partial charge is 0.412 e. The van der Waals surface area contributed by atoms with Crippen LogP contribution in [0.25, 0.3) is 0 Å². The van der Waals surface area contributed by atoms with Gasteiger partial charge in [-0.05, 0) is 39.0 Å². The summed E-state index contributed by atoms with van der Waals surface area (Å²) in [5, 5.41) is 20.3. The molecule has 0 aliphatic carbocycles. The molecule has 2 aromatic carbocycles. The molecule has 0 atom stereocenters. The molecule has 0 radical (unpaired) electrons. The Morgan fingerprint density at radius 3 is 2.51 bits per heavy atom. The molecule has 39 heavy (non-hydrogen) atoms. The molecular formula is C25H28ClFN6O5S. The molecule has 208 valence electrons. The number of methoxy groups -OCH3 is 1. The third-order valence-corrected chi connectivity index (χ3v) is 6.05. The summed E-state index contributed by atoms with van der Waals surface area (Å²) in [5.74, 6) is -0.800. The van der Waals surface area contributed by atoms with Crippen molar-refractivity contribution in [2.24, 2.45) is 0 Å².